The number of pyridine rings is 1. The van der Waals surface area contributed by atoms with Crippen molar-refractivity contribution in [3.8, 4) is 6.07 Å². The first-order valence-corrected chi connectivity index (χ1v) is 8.02. The van der Waals surface area contributed by atoms with E-state index in [0.717, 1.165) is 23.3 Å². The van der Waals surface area contributed by atoms with Crippen molar-refractivity contribution in [3.05, 3.63) is 40.6 Å². The maximum atomic E-state index is 13.5. The predicted molar refractivity (Wildman–Crippen MR) is 90.7 cm³/mol. The number of aromatic nitrogens is 1. The van der Waals surface area contributed by atoms with Crippen molar-refractivity contribution in [1.82, 2.24) is 10.3 Å². The smallest absolute Gasteiger partial charge is 0.230 e. The van der Waals surface area contributed by atoms with Gasteiger partial charge >= 0.3 is 0 Å². The molecule has 0 spiro atoms. The molecule has 0 amide bonds. The molecule has 2 unspecified atom stereocenters. The van der Waals surface area contributed by atoms with Gasteiger partial charge in [-0.05, 0) is 23.6 Å². The quantitative estimate of drug-likeness (QED) is 0.649. The van der Waals surface area contributed by atoms with Gasteiger partial charge in [-0.25, -0.2) is 4.98 Å². The SMILES string of the molecule is CC1(C)CC(c2cnc(F)c(C#N)c2)C2=C1NC(CC(=N)Cl)N=C2. The summed E-state index contributed by atoms with van der Waals surface area (Å²) in [5.74, 6) is -0.744. The van der Waals surface area contributed by atoms with Crippen LogP contribution in [0.25, 0.3) is 0 Å². The number of hydrogen-bond acceptors (Lipinski definition) is 5. The van der Waals surface area contributed by atoms with Gasteiger partial charge in [0.15, 0.2) is 0 Å². The van der Waals surface area contributed by atoms with Crippen LogP contribution in [0.2, 0.25) is 0 Å². The standard InChI is InChI=1S/C17H17ClFN5/c1-17(2)5-11(10-3-9(6-20)16(19)23-7-10)12-8-22-14(4-13(18)21)24-15(12)17/h3,7-8,11,14,21,24H,4-5H2,1-2H3. The summed E-state index contributed by atoms with van der Waals surface area (Å²) < 4.78 is 13.5. The second-order valence-corrected chi connectivity index (χ2v) is 7.19. The van der Waals surface area contributed by atoms with Gasteiger partial charge in [0.05, 0.1) is 0 Å². The second kappa shape index (κ2) is 5.99. The van der Waals surface area contributed by atoms with E-state index in [1.54, 1.807) is 6.07 Å². The van der Waals surface area contributed by atoms with Gasteiger partial charge in [-0.15, -0.1) is 0 Å². The number of hydrogen-bond donors (Lipinski definition) is 2. The van der Waals surface area contributed by atoms with E-state index in [4.69, 9.17) is 22.3 Å². The molecule has 7 heteroatoms. The lowest BCUT2D eigenvalue weighted by Gasteiger charge is -2.29. The largest absolute Gasteiger partial charge is 0.366 e. The van der Waals surface area contributed by atoms with Crippen LogP contribution in [-0.2, 0) is 0 Å². The third-order valence-electron chi connectivity index (χ3n) is 4.52. The highest BCUT2D eigenvalue weighted by molar-refractivity contribution is 6.64. The van der Waals surface area contributed by atoms with Gasteiger partial charge in [-0.2, -0.15) is 9.65 Å². The van der Waals surface area contributed by atoms with E-state index in [1.165, 1.54) is 6.20 Å². The third kappa shape index (κ3) is 2.92. The van der Waals surface area contributed by atoms with E-state index in [2.05, 4.69) is 29.1 Å². The summed E-state index contributed by atoms with van der Waals surface area (Å²) in [5.41, 5.74) is 2.72. The summed E-state index contributed by atoms with van der Waals surface area (Å²) in [5, 5.41) is 19.9. The second-order valence-electron chi connectivity index (χ2n) is 6.74. The molecular formula is C17H17ClFN5. The third-order valence-corrected chi connectivity index (χ3v) is 4.67. The average molecular weight is 346 g/mol. The van der Waals surface area contributed by atoms with Crippen LogP contribution in [0, 0.1) is 28.1 Å². The number of nitrogens with zero attached hydrogens (tertiary/aromatic N) is 3. The fraction of sp³-hybridized carbons (Fsp3) is 0.412. The van der Waals surface area contributed by atoms with Crippen molar-refractivity contribution in [1.29, 1.82) is 10.7 Å². The highest BCUT2D eigenvalue weighted by atomic mass is 35.5. The molecule has 2 atom stereocenters. The molecule has 2 aliphatic rings. The molecular weight excluding hydrogens is 329 g/mol. The first-order chi connectivity index (χ1) is 11.3. The van der Waals surface area contributed by atoms with E-state index in [0.29, 0.717) is 6.42 Å². The monoisotopic (exact) mass is 345 g/mol. The Labute approximate surface area is 144 Å². The molecule has 24 heavy (non-hydrogen) atoms. The fourth-order valence-electron chi connectivity index (χ4n) is 3.40. The Hall–Kier alpha value is -2.26. The molecule has 0 aromatic carbocycles. The topological polar surface area (TPSA) is 84.9 Å². The Kier molecular flexibility index (Phi) is 4.14. The highest BCUT2D eigenvalue weighted by Gasteiger charge is 2.41. The molecule has 1 aliphatic heterocycles. The van der Waals surface area contributed by atoms with Crippen LogP contribution in [0.4, 0.5) is 4.39 Å². The van der Waals surface area contributed by atoms with Gasteiger partial charge in [0.1, 0.15) is 23.0 Å². The lowest BCUT2D eigenvalue weighted by atomic mass is 9.85. The molecule has 5 nitrogen and oxygen atoms in total. The van der Waals surface area contributed by atoms with E-state index in [9.17, 15) is 4.39 Å². The Morgan fingerprint density at radius 2 is 2.33 bits per heavy atom. The Morgan fingerprint density at radius 1 is 1.58 bits per heavy atom. The zero-order valence-electron chi connectivity index (χ0n) is 13.4. The van der Waals surface area contributed by atoms with E-state index in [-0.39, 0.29) is 28.2 Å². The van der Waals surface area contributed by atoms with Gasteiger partial charge in [-0.1, -0.05) is 25.4 Å². The molecule has 0 fully saturated rings. The van der Waals surface area contributed by atoms with Crippen molar-refractivity contribution in [2.24, 2.45) is 10.4 Å². The summed E-state index contributed by atoms with van der Waals surface area (Å²) in [4.78, 5) is 8.15. The lowest BCUT2D eigenvalue weighted by Crippen LogP contribution is -2.36. The molecule has 0 radical (unpaired) electrons. The maximum absolute atomic E-state index is 13.5. The molecule has 1 aliphatic carbocycles. The molecule has 1 aromatic rings. The lowest BCUT2D eigenvalue weighted by molar-refractivity contribution is 0.386. The normalized spacial score (nSPS) is 24.3. The minimum Gasteiger partial charge on any atom is -0.366 e. The van der Waals surface area contributed by atoms with Crippen molar-refractivity contribution in [2.45, 2.75) is 38.8 Å². The van der Waals surface area contributed by atoms with Crippen molar-refractivity contribution < 1.29 is 4.39 Å². The minimum atomic E-state index is -0.746. The zero-order chi connectivity index (χ0) is 17.5. The molecule has 2 heterocycles. The summed E-state index contributed by atoms with van der Waals surface area (Å²) in [6.45, 7) is 4.25. The average Bonchev–Trinajstić information content (AvgIpc) is 2.79. The fourth-order valence-corrected chi connectivity index (χ4v) is 3.54. The van der Waals surface area contributed by atoms with Crippen LogP contribution in [-0.4, -0.2) is 22.5 Å². The number of allylic oxidation sites excluding steroid dienone is 2. The van der Waals surface area contributed by atoms with Crippen LogP contribution in [0.15, 0.2) is 28.5 Å². The molecule has 0 saturated heterocycles. The van der Waals surface area contributed by atoms with Crippen molar-refractivity contribution in [3.63, 3.8) is 0 Å². The minimum absolute atomic E-state index is 0.00264. The van der Waals surface area contributed by atoms with Crippen molar-refractivity contribution >= 4 is 23.0 Å². The van der Waals surface area contributed by atoms with Crippen LogP contribution in [0.1, 0.15) is 43.7 Å². The molecule has 0 saturated carbocycles. The van der Waals surface area contributed by atoms with Gasteiger partial charge in [0.25, 0.3) is 0 Å². The van der Waals surface area contributed by atoms with Crippen molar-refractivity contribution in [2.75, 3.05) is 0 Å². The Balaban J connectivity index is 1.96. The van der Waals surface area contributed by atoms with E-state index < -0.39 is 5.95 Å². The highest BCUT2D eigenvalue weighted by Crippen LogP contribution is 2.49. The summed E-state index contributed by atoms with van der Waals surface area (Å²) in [6.07, 6.45) is 4.20. The Morgan fingerprint density at radius 3 is 3.00 bits per heavy atom. The first kappa shape index (κ1) is 16.6. The maximum Gasteiger partial charge on any atom is 0.230 e. The summed E-state index contributed by atoms with van der Waals surface area (Å²) >= 11 is 5.68. The number of nitrogens with one attached hydrogen (secondary N) is 2. The first-order valence-electron chi connectivity index (χ1n) is 7.64. The van der Waals surface area contributed by atoms with Crippen LogP contribution in [0.5, 0.6) is 0 Å². The molecule has 124 valence electrons. The number of nitriles is 1. The summed E-state index contributed by atoms with van der Waals surface area (Å²) in [7, 11) is 0. The molecule has 1 aromatic heterocycles. The number of halogens is 2. The predicted octanol–water partition coefficient (Wildman–Crippen LogP) is 3.47. The van der Waals surface area contributed by atoms with Gasteiger partial charge in [-0.3, -0.25) is 10.4 Å². The summed E-state index contributed by atoms with van der Waals surface area (Å²) in [6, 6.07) is 3.40. The molecule has 0 bridgehead atoms. The van der Waals surface area contributed by atoms with Crippen LogP contribution < -0.4 is 5.32 Å². The van der Waals surface area contributed by atoms with Gasteiger partial charge in [0, 0.05) is 35.9 Å². The van der Waals surface area contributed by atoms with Crippen LogP contribution in [0.3, 0.4) is 0 Å². The van der Waals surface area contributed by atoms with Gasteiger partial charge < -0.3 is 5.32 Å². The van der Waals surface area contributed by atoms with Gasteiger partial charge in [0.2, 0.25) is 5.95 Å². The molecule has 2 N–H and O–H groups in total. The molecule has 3 rings (SSSR count). The van der Waals surface area contributed by atoms with E-state index >= 15 is 0 Å². The number of aliphatic imine (C=N–C) groups is 1. The van der Waals surface area contributed by atoms with E-state index in [1.807, 2.05) is 12.3 Å². The Bertz CT molecular complexity index is 806. The zero-order valence-corrected chi connectivity index (χ0v) is 14.2. The van der Waals surface area contributed by atoms with Crippen LogP contribution >= 0.6 is 11.6 Å². The number of rotatable bonds is 3.